The lowest BCUT2D eigenvalue weighted by atomic mass is 10.3. The van der Waals surface area contributed by atoms with E-state index in [2.05, 4.69) is 30.6 Å². The third kappa shape index (κ3) is 3.61. The minimum Gasteiger partial charge on any atom is -0.347 e. The van der Waals surface area contributed by atoms with Crippen LogP contribution >= 0.6 is 11.3 Å². The molecule has 3 aromatic heterocycles. The summed E-state index contributed by atoms with van der Waals surface area (Å²) in [5, 5.41) is 6.41. The molecule has 3 aromatic rings. The van der Waals surface area contributed by atoms with E-state index in [4.69, 9.17) is 0 Å². The molecule has 22 heavy (non-hydrogen) atoms. The van der Waals surface area contributed by atoms with Gasteiger partial charge in [-0.1, -0.05) is 17.4 Å². The van der Waals surface area contributed by atoms with Gasteiger partial charge in [0, 0.05) is 31.3 Å². The molecule has 0 aliphatic carbocycles. The van der Waals surface area contributed by atoms with Crippen LogP contribution in [0.4, 0.5) is 10.9 Å². The van der Waals surface area contributed by atoms with Crippen molar-refractivity contribution in [2.45, 2.75) is 6.54 Å². The summed E-state index contributed by atoms with van der Waals surface area (Å²) in [5.74, 6) is 0.410. The smallest absolute Gasteiger partial charge is 0.263 e. The molecule has 0 fully saturated rings. The fraction of sp³-hybridized carbons (Fsp3) is 0.0714. The summed E-state index contributed by atoms with van der Waals surface area (Å²) in [7, 11) is 0. The standard InChI is InChI=1S/C14H12N6OS/c21-13(18-7-10-2-1-3-15-6-10)11-8-19-14(22-11)20-12-9-16-4-5-17-12/h1-6,8-9H,7H2,(H,18,21)(H,17,19,20). The quantitative estimate of drug-likeness (QED) is 0.748. The molecule has 1 amide bonds. The number of hydrogen-bond donors (Lipinski definition) is 2. The monoisotopic (exact) mass is 312 g/mol. The summed E-state index contributed by atoms with van der Waals surface area (Å²) in [6.45, 7) is 0.428. The average molecular weight is 312 g/mol. The first-order valence-corrected chi connectivity index (χ1v) is 7.29. The van der Waals surface area contributed by atoms with Gasteiger partial charge in [0.2, 0.25) is 0 Å². The lowest BCUT2D eigenvalue weighted by Gasteiger charge is -2.02. The maximum Gasteiger partial charge on any atom is 0.263 e. The van der Waals surface area contributed by atoms with Crippen LogP contribution in [-0.2, 0) is 6.54 Å². The van der Waals surface area contributed by atoms with Crippen LogP contribution in [-0.4, -0.2) is 25.8 Å². The van der Waals surface area contributed by atoms with Gasteiger partial charge in [0.1, 0.15) is 4.88 Å². The summed E-state index contributed by atoms with van der Waals surface area (Å²) < 4.78 is 0. The first kappa shape index (κ1) is 14.1. The van der Waals surface area contributed by atoms with Gasteiger partial charge in [0.05, 0.1) is 12.4 Å². The van der Waals surface area contributed by atoms with Gasteiger partial charge in [-0.15, -0.1) is 0 Å². The van der Waals surface area contributed by atoms with Crippen LogP contribution < -0.4 is 10.6 Å². The molecule has 0 atom stereocenters. The van der Waals surface area contributed by atoms with E-state index >= 15 is 0 Å². The number of rotatable bonds is 5. The zero-order valence-electron chi connectivity index (χ0n) is 11.4. The Labute approximate surface area is 130 Å². The molecular weight excluding hydrogens is 300 g/mol. The Balaban J connectivity index is 1.60. The average Bonchev–Trinajstić information content (AvgIpc) is 3.03. The molecule has 3 rings (SSSR count). The Morgan fingerprint density at radius 2 is 2.00 bits per heavy atom. The van der Waals surface area contributed by atoms with Gasteiger partial charge >= 0.3 is 0 Å². The van der Waals surface area contributed by atoms with Crippen LogP contribution in [0, 0.1) is 0 Å². The highest BCUT2D eigenvalue weighted by molar-refractivity contribution is 7.17. The van der Waals surface area contributed by atoms with Gasteiger partial charge in [0.25, 0.3) is 5.91 Å². The highest BCUT2D eigenvalue weighted by Crippen LogP contribution is 2.20. The van der Waals surface area contributed by atoms with Crippen LogP contribution in [0.5, 0.6) is 0 Å². The number of carbonyl (C=O) groups excluding carboxylic acids is 1. The number of nitrogens with one attached hydrogen (secondary N) is 2. The molecule has 3 heterocycles. The Morgan fingerprint density at radius 3 is 2.77 bits per heavy atom. The largest absolute Gasteiger partial charge is 0.347 e. The molecule has 0 spiro atoms. The molecule has 0 saturated heterocycles. The fourth-order valence-corrected chi connectivity index (χ4v) is 2.42. The minimum atomic E-state index is -0.173. The number of hydrogen-bond acceptors (Lipinski definition) is 7. The molecule has 0 aromatic carbocycles. The number of pyridine rings is 1. The van der Waals surface area contributed by atoms with Crippen molar-refractivity contribution >= 4 is 28.2 Å². The van der Waals surface area contributed by atoms with E-state index in [0.29, 0.717) is 22.4 Å². The summed E-state index contributed by atoms with van der Waals surface area (Å²) in [6, 6.07) is 3.73. The van der Waals surface area contributed by atoms with Gasteiger partial charge in [-0.25, -0.2) is 9.97 Å². The molecule has 8 heteroatoms. The molecule has 0 aliphatic rings. The highest BCUT2D eigenvalue weighted by Gasteiger charge is 2.10. The summed E-state index contributed by atoms with van der Waals surface area (Å²) in [5.41, 5.74) is 0.943. The molecule has 0 saturated carbocycles. The van der Waals surface area contributed by atoms with Gasteiger partial charge in [0.15, 0.2) is 10.9 Å². The Morgan fingerprint density at radius 1 is 1.09 bits per heavy atom. The van der Waals surface area contributed by atoms with E-state index in [0.717, 1.165) is 5.56 Å². The van der Waals surface area contributed by atoms with E-state index in [9.17, 15) is 4.79 Å². The van der Waals surface area contributed by atoms with Gasteiger partial charge in [-0.3, -0.25) is 14.8 Å². The SMILES string of the molecule is O=C(NCc1cccnc1)c1cnc(Nc2cnccn2)s1. The van der Waals surface area contributed by atoms with Crippen molar-refractivity contribution in [1.82, 2.24) is 25.3 Å². The summed E-state index contributed by atoms with van der Waals surface area (Å²) >= 11 is 1.25. The van der Waals surface area contributed by atoms with Crippen LogP contribution in [0.1, 0.15) is 15.2 Å². The number of carbonyl (C=O) groups is 1. The van der Waals surface area contributed by atoms with E-state index < -0.39 is 0 Å². The van der Waals surface area contributed by atoms with Crippen molar-refractivity contribution in [2.75, 3.05) is 5.32 Å². The Kier molecular flexibility index (Phi) is 4.30. The van der Waals surface area contributed by atoms with E-state index in [1.165, 1.54) is 17.5 Å². The van der Waals surface area contributed by atoms with Crippen LogP contribution in [0.2, 0.25) is 0 Å². The van der Waals surface area contributed by atoms with Crippen molar-refractivity contribution in [2.24, 2.45) is 0 Å². The second kappa shape index (κ2) is 6.72. The third-order valence-electron chi connectivity index (χ3n) is 2.70. The van der Waals surface area contributed by atoms with Crippen molar-refractivity contribution in [3.63, 3.8) is 0 Å². The van der Waals surface area contributed by atoms with E-state index in [-0.39, 0.29) is 5.91 Å². The maximum absolute atomic E-state index is 12.1. The molecule has 0 unspecified atom stereocenters. The number of thiazole rings is 1. The first-order chi connectivity index (χ1) is 10.8. The summed E-state index contributed by atoms with van der Waals surface area (Å²) in [4.78, 5) is 28.8. The second-order valence-corrected chi connectivity index (χ2v) is 5.32. The predicted molar refractivity (Wildman–Crippen MR) is 82.8 cm³/mol. The zero-order valence-corrected chi connectivity index (χ0v) is 12.2. The Bertz CT molecular complexity index is 746. The molecule has 0 aliphatic heterocycles. The van der Waals surface area contributed by atoms with Crippen molar-refractivity contribution in [3.05, 3.63) is 59.8 Å². The lowest BCUT2D eigenvalue weighted by Crippen LogP contribution is -2.21. The Hall–Kier alpha value is -2.87. The van der Waals surface area contributed by atoms with Crippen molar-refractivity contribution < 1.29 is 4.79 Å². The second-order valence-electron chi connectivity index (χ2n) is 4.29. The molecule has 0 radical (unpaired) electrons. The highest BCUT2D eigenvalue weighted by atomic mass is 32.1. The zero-order chi connectivity index (χ0) is 15.2. The predicted octanol–water partition coefficient (Wildman–Crippen LogP) is 2.00. The van der Waals surface area contributed by atoms with Gasteiger partial charge in [-0.05, 0) is 11.6 Å². The van der Waals surface area contributed by atoms with Gasteiger partial charge in [-0.2, -0.15) is 0 Å². The lowest BCUT2D eigenvalue weighted by molar-refractivity contribution is 0.0954. The van der Waals surface area contributed by atoms with Crippen LogP contribution in [0.15, 0.2) is 49.3 Å². The molecular formula is C14H12N6OS. The van der Waals surface area contributed by atoms with Crippen molar-refractivity contribution in [1.29, 1.82) is 0 Å². The number of amides is 1. The number of anilines is 2. The number of nitrogens with zero attached hydrogens (tertiary/aromatic N) is 4. The van der Waals surface area contributed by atoms with Crippen molar-refractivity contribution in [3.8, 4) is 0 Å². The molecule has 7 nitrogen and oxygen atoms in total. The van der Waals surface area contributed by atoms with Crippen LogP contribution in [0.3, 0.4) is 0 Å². The molecule has 0 bridgehead atoms. The number of aromatic nitrogens is 4. The minimum absolute atomic E-state index is 0.173. The topological polar surface area (TPSA) is 92.7 Å². The molecule has 2 N–H and O–H groups in total. The van der Waals surface area contributed by atoms with Crippen LogP contribution in [0.25, 0.3) is 0 Å². The van der Waals surface area contributed by atoms with Gasteiger partial charge < -0.3 is 10.6 Å². The van der Waals surface area contributed by atoms with E-state index in [1.54, 1.807) is 31.0 Å². The molecule has 110 valence electrons. The van der Waals surface area contributed by atoms with E-state index in [1.807, 2.05) is 12.1 Å². The fourth-order valence-electron chi connectivity index (χ4n) is 1.68. The third-order valence-corrected chi connectivity index (χ3v) is 3.62. The first-order valence-electron chi connectivity index (χ1n) is 6.47. The normalized spacial score (nSPS) is 10.2. The maximum atomic E-state index is 12.1. The summed E-state index contributed by atoms with van der Waals surface area (Å²) in [6.07, 6.45) is 9.69.